The first kappa shape index (κ1) is 33.2. The third-order valence-corrected chi connectivity index (χ3v) is 6.96. The number of hydrogen-bond donors (Lipinski definition) is 1. The van der Waals surface area contributed by atoms with Gasteiger partial charge in [-0.2, -0.15) is 8.42 Å². The fraction of sp³-hybridized carbons (Fsp3) is 0.600. The number of carbonyl (C=O) groups is 4. The molecule has 1 atom stereocenters. The van der Waals surface area contributed by atoms with Crippen molar-refractivity contribution < 1.29 is 41.7 Å². The van der Waals surface area contributed by atoms with Crippen molar-refractivity contribution in [2.75, 3.05) is 0 Å². The quantitative estimate of drug-likeness (QED) is 0.102. The molecule has 1 aliphatic rings. The van der Waals surface area contributed by atoms with Crippen LogP contribution in [0.3, 0.4) is 0 Å². The molecule has 1 saturated heterocycles. The van der Waals surface area contributed by atoms with Crippen molar-refractivity contribution in [3.63, 3.8) is 0 Å². The summed E-state index contributed by atoms with van der Waals surface area (Å²) >= 11 is 0. The van der Waals surface area contributed by atoms with Crippen LogP contribution < -0.4 is 0 Å². The van der Waals surface area contributed by atoms with Gasteiger partial charge in [-0.15, -0.1) is 5.06 Å². The normalized spacial score (nSPS) is 15.4. The van der Waals surface area contributed by atoms with E-state index in [-0.39, 0.29) is 47.0 Å². The summed E-state index contributed by atoms with van der Waals surface area (Å²) in [4.78, 5) is 51.8. The molecular formula is C25H36NNaO9S. The van der Waals surface area contributed by atoms with Gasteiger partial charge in [-0.3, -0.25) is 18.9 Å². The van der Waals surface area contributed by atoms with Crippen LogP contribution in [-0.2, 0) is 45.5 Å². The molecule has 1 heterocycles. The van der Waals surface area contributed by atoms with Crippen molar-refractivity contribution in [3.8, 4) is 0 Å². The van der Waals surface area contributed by atoms with Gasteiger partial charge in [-0.25, -0.2) is 4.79 Å². The Hall–Kier alpha value is -1.79. The minimum absolute atomic E-state index is 0. The van der Waals surface area contributed by atoms with E-state index in [1.807, 2.05) is 30.3 Å². The first-order chi connectivity index (χ1) is 17.2. The van der Waals surface area contributed by atoms with Crippen molar-refractivity contribution in [1.82, 2.24) is 5.06 Å². The fourth-order valence-corrected chi connectivity index (χ4v) is 4.53. The van der Waals surface area contributed by atoms with Crippen molar-refractivity contribution >= 4 is 63.4 Å². The molecule has 1 aromatic carbocycles. The van der Waals surface area contributed by atoms with Gasteiger partial charge in [0.25, 0.3) is 21.9 Å². The molecule has 0 aliphatic carbocycles. The number of benzene rings is 1. The molecule has 202 valence electrons. The number of amides is 2. The van der Waals surface area contributed by atoms with Crippen LogP contribution in [0.4, 0.5) is 0 Å². The van der Waals surface area contributed by atoms with E-state index < -0.39 is 39.6 Å². The number of nitrogens with zero attached hydrogens (tertiary/aromatic N) is 1. The number of rotatable bonds is 17. The van der Waals surface area contributed by atoms with Crippen molar-refractivity contribution in [3.05, 3.63) is 35.9 Å². The van der Waals surface area contributed by atoms with Gasteiger partial charge >= 0.3 is 41.5 Å². The first-order valence-electron chi connectivity index (χ1n) is 12.4. The molecule has 2 rings (SSSR count). The standard InChI is InChI=1S/C25H35NO9S.Na.H/c27-22-18-21(36(31,32)33)25(30)26(22)35-24(29)17-13-8-6-4-2-1-3-5-7-12-16-23(28)34-19-20-14-10-9-11-15-20;;/h9-11,14-15,21H,1-8,12-13,16-19H2,(H,31,32,33);;. The first-order valence-corrected chi connectivity index (χ1v) is 13.9. The average molecular weight is 550 g/mol. The molecular weight excluding hydrogens is 513 g/mol. The van der Waals surface area contributed by atoms with Gasteiger partial charge in [-0.05, 0) is 18.4 Å². The van der Waals surface area contributed by atoms with E-state index in [9.17, 15) is 27.6 Å². The summed E-state index contributed by atoms with van der Waals surface area (Å²) in [7, 11) is -4.73. The van der Waals surface area contributed by atoms with E-state index in [1.54, 1.807) is 0 Å². The Bertz CT molecular complexity index is 985. The number of carbonyl (C=O) groups excluding carboxylic acids is 4. The van der Waals surface area contributed by atoms with Crippen LogP contribution in [0.2, 0.25) is 0 Å². The van der Waals surface area contributed by atoms with Gasteiger partial charge < -0.3 is 9.57 Å². The molecule has 0 bridgehead atoms. The van der Waals surface area contributed by atoms with Crippen LogP contribution in [0.5, 0.6) is 0 Å². The van der Waals surface area contributed by atoms with Gasteiger partial charge in [-0.1, -0.05) is 81.7 Å². The molecule has 1 aromatic rings. The Balaban J connectivity index is 0.00000684. The predicted molar refractivity (Wildman–Crippen MR) is 137 cm³/mol. The van der Waals surface area contributed by atoms with Gasteiger partial charge in [0.1, 0.15) is 6.61 Å². The maximum atomic E-state index is 11.8. The van der Waals surface area contributed by atoms with Crippen molar-refractivity contribution in [2.45, 2.75) is 95.3 Å². The van der Waals surface area contributed by atoms with Crippen LogP contribution in [-0.4, -0.2) is 76.6 Å². The molecule has 0 saturated carbocycles. The monoisotopic (exact) mass is 549 g/mol. The molecule has 1 fully saturated rings. The summed E-state index contributed by atoms with van der Waals surface area (Å²) in [6.45, 7) is 0.316. The van der Waals surface area contributed by atoms with E-state index in [2.05, 4.69) is 0 Å². The number of hydroxylamine groups is 2. The SMILES string of the molecule is O=C(CCCCCCCCCCCCC(=O)ON1C(=O)CC(S(=O)(=O)O)C1=O)OCc1ccccc1.[NaH]. The van der Waals surface area contributed by atoms with E-state index in [0.29, 0.717) is 19.4 Å². The molecule has 1 N–H and O–H groups in total. The molecule has 1 unspecified atom stereocenters. The molecule has 0 aromatic heterocycles. The van der Waals surface area contributed by atoms with Gasteiger partial charge in [0.2, 0.25) is 0 Å². The van der Waals surface area contributed by atoms with Gasteiger partial charge in [0.05, 0.1) is 6.42 Å². The zero-order chi connectivity index (χ0) is 26.4. The molecule has 0 radical (unpaired) electrons. The van der Waals surface area contributed by atoms with E-state index in [4.69, 9.17) is 14.1 Å². The Labute approximate surface area is 240 Å². The Morgan fingerprint density at radius 2 is 1.32 bits per heavy atom. The summed E-state index contributed by atoms with van der Waals surface area (Å²) in [5, 5.41) is -1.78. The second-order valence-corrected chi connectivity index (χ2v) is 10.5. The number of hydrogen-bond acceptors (Lipinski definition) is 8. The zero-order valence-corrected chi connectivity index (χ0v) is 21.2. The van der Waals surface area contributed by atoms with Gasteiger partial charge in [0, 0.05) is 12.8 Å². The van der Waals surface area contributed by atoms with E-state index >= 15 is 0 Å². The van der Waals surface area contributed by atoms with E-state index in [0.717, 1.165) is 63.4 Å². The summed E-state index contributed by atoms with van der Waals surface area (Å²) in [5.41, 5.74) is 0.984. The average Bonchev–Trinajstić information content (AvgIpc) is 3.12. The molecule has 0 spiro atoms. The second-order valence-electron chi connectivity index (χ2n) is 8.88. The third-order valence-electron chi connectivity index (χ3n) is 5.87. The topological polar surface area (TPSA) is 144 Å². The Morgan fingerprint density at radius 3 is 1.81 bits per heavy atom. The molecule has 2 amide bonds. The van der Waals surface area contributed by atoms with Crippen LogP contribution in [0, 0.1) is 0 Å². The minimum atomic E-state index is -4.73. The maximum absolute atomic E-state index is 11.8. The molecule has 12 heteroatoms. The van der Waals surface area contributed by atoms with E-state index in [1.165, 1.54) is 0 Å². The van der Waals surface area contributed by atoms with Crippen LogP contribution in [0.1, 0.15) is 89.0 Å². The van der Waals surface area contributed by atoms with Gasteiger partial charge in [0.15, 0.2) is 5.25 Å². The van der Waals surface area contributed by atoms with Crippen molar-refractivity contribution in [2.24, 2.45) is 0 Å². The summed E-state index contributed by atoms with van der Waals surface area (Å²) in [6.07, 6.45) is 9.16. The van der Waals surface area contributed by atoms with Crippen LogP contribution in [0.15, 0.2) is 30.3 Å². The molecule has 10 nitrogen and oxygen atoms in total. The number of esters is 1. The summed E-state index contributed by atoms with van der Waals surface area (Å²) < 4.78 is 36.4. The Morgan fingerprint density at radius 1 is 0.838 bits per heavy atom. The zero-order valence-electron chi connectivity index (χ0n) is 20.4. The molecule has 37 heavy (non-hydrogen) atoms. The number of imide groups is 1. The fourth-order valence-electron chi connectivity index (χ4n) is 3.82. The van der Waals surface area contributed by atoms with Crippen LogP contribution >= 0.6 is 0 Å². The van der Waals surface area contributed by atoms with Crippen LogP contribution in [0.25, 0.3) is 0 Å². The Kier molecular flexibility index (Phi) is 15.9. The molecule has 1 aliphatic heterocycles. The summed E-state index contributed by atoms with van der Waals surface area (Å²) in [6, 6.07) is 9.60. The summed E-state index contributed by atoms with van der Waals surface area (Å²) in [5.74, 6) is -3.18. The number of ether oxygens (including phenoxy) is 1. The predicted octanol–water partition coefficient (Wildman–Crippen LogP) is 3.24. The number of unbranched alkanes of at least 4 members (excludes halogenated alkanes) is 9. The van der Waals surface area contributed by atoms with Crippen molar-refractivity contribution in [1.29, 1.82) is 0 Å². The second kappa shape index (κ2) is 17.7. The third kappa shape index (κ3) is 13.0.